The fourth-order valence-electron chi connectivity index (χ4n) is 2.86. The number of phenols is 1. The largest absolute Gasteiger partial charge is 0.505 e. The van der Waals surface area contributed by atoms with E-state index in [0.717, 1.165) is 34.0 Å². The molecule has 0 radical (unpaired) electrons. The molecule has 0 aliphatic rings. The van der Waals surface area contributed by atoms with E-state index in [2.05, 4.69) is 5.32 Å². The van der Waals surface area contributed by atoms with Crippen LogP contribution in [0.2, 0.25) is 0 Å². The van der Waals surface area contributed by atoms with Crippen LogP contribution < -0.4 is 11.1 Å². The monoisotopic (exact) mass is 320 g/mol. The number of carbonyl (C=O) groups excluding carboxylic acids is 1. The highest BCUT2D eigenvalue weighted by molar-refractivity contribution is 6.12. The van der Waals surface area contributed by atoms with Crippen LogP contribution in [0.25, 0.3) is 10.8 Å². The van der Waals surface area contributed by atoms with Crippen LogP contribution in [0.3, 0.4) is 0 Å². The number of carbonyl (C=O) groups is 1. The lowest BCUT2D eigenvalue weighted by atomic mass is 10.0. The molecule has 0 heterocycles. The molecule has 0 aliphatic heterocycles. The van der Waals surface area contributed by atoms with Crippen molar-refractivity contribution in [2.45, 2.75) is 20.3 Å². The van der Waals surface area contributed by atoms with Crippen LogP contribution in [0.4, 0.5) is 11.4 Å². The molecule has 4 heteroatoms. The average Bonchev–Trinajstić information content (AvgIpc) is 2.59. The highest BCUT2D eigenvalue weighted by Crippen LogP contribution is 2.34. The lowest BCUT2D eigenvalue weighted by molar-refractivity contribution is 0.102. The zero-order chi connectivity index (χ0) is 17.3. The first-order valence-corrected chi connectivity index (χ1v) is 7.92. The van der Waals surface area contributed by atoms with Crippen molar-refractivity contribution >= 4 is 28.1 Å². The molecule has 1 amide bonds. The van der Waals surface area contributed by atoms with Gasteiger partial charge in [0.2, 0.25) is 0 Å². The van der Waals surface area contributed by atoms with Crippen LogP contribution in [-0.2, 0) is 6.42 Å². The standard InChI is InChI=1S/C20H20N2O2/c1-3-13-10-12(2)8-9-17(13)22-20(24)16-11-14-6-4-5-7-15(14)18(21)19(16)23/h4-11,23H,3,21H2,1-2H3,(H,22,24). The SMILES string of the molecule is CCc1cc(C)ccc1NC(=O)c1cc2ccccc2c(N)c1O. The number of aryl methyl sites for hydroxylation is 2. The number of nitrogen functional groups attached to an aromatic ring is 1. The van der Waals surface area contributed by atoms with Crippen LogP contribution in [0.5, 0.6) is 5.75 Å². The minimum atomic E-state index is -0.372. The summed E-state index contributed by atoms with van der Waals surface area (Å²) in [5.41, 5.74) is 9.33. The van der Waals surface area contributed by atoms with Gasteiger partial charge in [0, 0.05) is 11.1 Å². The number of nitrogens with one attached hydrogen (secondary N) is 1. The van der Waals surface area contributed by atoms with Gasteiger partial charge in [0.15, 0.2) is 5.75 Å². The number of nitrogens with two attached hydrogens (primary N) is 1. The fourth-order valence-corrected chi connectivity index (χ4v) is 2.86. The zero-order valence-electron chi connectivity index (χ0n) is 13.8. The summed E-state index contributed by atoms with van der Waals surface area (Å²) in [5, 5.41) is 14.8. The molecule has 4 nitrogen and oxygen atoms in total. The Labute approximate surface area is 140 Å². The number of hydrogen-bond donors (Lipinski definition) is 3. The van der Waals surface area contributed by atoms with Crippen LogP contribution in [0, 0.1) is 6.92 Å². The molecule has 0 spiro atoms. The second-order valence-corrected chi connectivity index (χ2v) is 5.88. The Morgan fingerprint density at radius 1 is 1.17 bits per heavy atom. The van der Waals surface area contributed by atoms with Gasteiger partial charge in [-0.3, -0.25) is 4.79 Å². The summed E-state index contributed by atoms with van der Waals surface area (Å²) in [7, 11) is 0. The van der Waals surface area contributed by atoms with Gasteiger partial charge in [-0.25, -0.2) is 0 Å². The molecule has 0 aromatic heterocycles. The van der Waals surface area contributed by atoms with Gasteiger partial charge in [0.1, 0.15) is 0 Å². The Bertz CT molecular complexity index is 932. The molecule has 0 aliphatic carbocycles. The molecule has 0 saturated carbocycles. The van der Waals surface area contributed by atoms with E-state index in [1.807, 2.05) is 56.3 Å². The Hall–Kier alpha value is -3.01. The number of hydrogen-bond acceptors (Lipinski definition) is 3. The summed E-state index contributed by atoms with van der Waals surface area (Å²) in [4.78, 5) is 12.7. The van der Waals surface area contributed by atoms with E-state index >= 15 is 0 Å². The van der Waals surface area contributed by atoms with Crippen molar-refractivity contribution in [3.05, 3.63) is 65.2 Å². The molecule has 0 unspecified atom stereocenters. The molecule has 3 aromatic rings. The highest BCUT2D eigenvalue weighted by Gasteiger charge is 2.17. The quantitative estimate of drug-likeness (QED) is 0.499. The maximum atomic E-state index is 12.7. The number of benzene rings is 3. The summed E-state index contributed by atoms with van der Waals surface area (Å²) in [5.74, 6) is -0.556. The second-order valence-electron chi connectivity index (χ2n) is 5.88. The predicted octanol–water partition coefficient (Wildman–Crippen LogP) is 4.25. The molecule has 122 valence electrons. The third-order valence-corrected chi connectivity index (χ3v) is 4.20. The molecule has 3 rings (SSSR count). The lowest BCUT2D eigenvalue weighted by Crippen LogP contribution is -2.14. The first-order valence-electron chi connectivity index (χ1n) is 7.92. The molecule has 0 saturated heterocycles. The lowest BCUT2D eigenvalue weighted by Gasteiger charge is -2.13. The summed E-state index contributed by atoms with van der Waals surface area (Å²) < 4.78 is 0. The van der Waals surface area contributed by atoms with Crippen molar-refractivity contribution < 1.29 is 9.90 Å². The number of amides is 1. The van der Waals surface area contributed by atoms with Gasteiger partial charge < -0.3 is 16.2 Å². The number of rotatable bonds is 3. The Morgan fingerprint density at radius 2 is 1.92 bits per heavy atom. The van der Waals surface area contributed by atoms with E-state index < -0.39 is 0 Å². The number of phenolic OH excluding ortho intramolecular Hbond substituents is 1. The van der Waals surface area contributed by atoms with E-state index in [-0.39, 0.29) is 22.9 Å². The zero-order valence-corrected chi connectivity index (χ0v) is 13.8. The summed E-state index contributed by atoms with van der Waals surface area (Å²) in [6, 6.07) is 14.9. The molecule has 24 heavy (non-hydrogen) atoms. The third kappa shape index (κ3) is 2.78. The maximum Gasteiger partial charge on any atom is 0.259 e. The first-order chi connectivity index (χ1) is 11.5. The van der Waals surface area contributed by atoms with Crippen molar-refractivity contribution in [1.29, 1.82) is 0 Å². The van der Waals surface area contributed by atoms with E-state index in [0.29, 0.717) is 0 Å². The van der Waals surface area contributed by atoms with Crippen LogP contribution in [0.1, 0.15) is 28.4 Å². The van der Waals surface area contributed by atoms with E-state index in [9.17, 15) is 9.90 Å². The average molecular weight is 320 g/mol. The Balaban J connectivity index is 2.02. The molecule has 3 aromatic carbocycles. The van der Waals surface area contributed by atoms with Crippen molar-refractivity contribution in [3.8, 4) is 5.75 Å². The first kappa shape index (κ1) is 15.9. The number of fused-ring (bicyclic) bond motifs is 1. The number of aromatic hydroxyl groups is 1. The van der Waals surface area contributed by atoms with Crippen molar-refractivity contribution in [3.63, 3.8) is 0 Å². The molecule has 0 bridgehead atoms. The molecule has 0 fully saturated rings. The Kier molecular flexibility index (Phi) is 4.13. The Morgan fingerprint density at radius 3 is 2.67 bits per heavy atom. The molecule has 4 N–H and O–H groups in total. The normalized spacial score (nSPS) is 10.8. The maximum absolute atomic E-state index is 12.7. The minimum absolute atomic E-state index is 0.175. The second kappa shape index (κ2) is 6.24. The van der Waals surface area contributed by atoms with Crippen molar-refractivity contribution in [2.24, 2.45) is 0 Å². The van der Waals surface area contributed by atoms with Gasteiger partial charge in [-0.05, 0) is 36.4 Å². The van der Waals surface area contributed by atoms with Crippen molar-refractivity contribution in [1.82, 2.24) is 0 Å². The van der Waals surface area contributed by atoms with Gasteiger partial charge in [0.05, 0.1) is 11.3 Å². The van der Waals surface area contributed by atoms with E-state index in [1.165, 1.54) is 0 Å². The summed E-state index contributed by atoms with van der Waals surface area (Å²) in [6.45, 7) is 4.05. The predicted molar refractivity (Wildman–Crippen MR) is 98.5 cm³/mol. The summed E-state index contributed by atoms with van der Waals surface area (Å²) >= 11 is 0. The van der Waals surface area contributed by atoms with E-state index in [4.69, 9.17) is 5.73 Å². The molecular weight excluding hydrogens is 300 g/mol. The smallest absolute Gasteiger partial charge is 0.259 e. The van der Waals surface area contributed by atoms with Gasteiger partial charge >= 0.3 is 0 Å². The van der Waals surface area contributed by atoms with Crippen LogP contribution in [-0.4, -0.2) is 11.0 Å². The highest BCUT2D eigenvalue weighted by atomic mass is 16.3. The van der Waals surface area contributed by atoms with Gasteiger partial charge in [-0.1, -0.05) is 48.9 Å². The number of anilines is 2. The van der Waals surface area contributed by atoms with Crippen LogP contribution in [0.15, 0.2) is 48.5 Å². The van der Waals surface area contributed by atoms with Crippen molar-refractivity contribution in [2.75, 3.05) is 11.1 Å². The van der Waals surface area contributed by atoms with Gasteiger partial charge in [-0.2, -0.15) is 0 Å². The molecule has 0 atom stereocenters. The van der Waals surface area contributed by atoms with Gasteiger partial charge in [0.25, 0.3) is 5.91 Å². The third-order valence-electron chi connectivity index (χ3n) is 4.20. The van der Waals surface area contributed by atoms with Crippen LogP contribution >= 0.6 is 0 Å². The topological polar surface area (TPSA) is 75.4 Å². The summed E-state index contributed by atoms with van der Waals surface area (Å²) in [6.07, 6.45) is 0.809. The molecular formula is C20H20N2O2. The van der Waals surface area contributed by atoms with E-state index in [1.54, 1.807) is 6.07 Å². The fraction of sp³-hybridized carbons (Fsp3) is 0.150. The van der Waals surface area contributed by atoms with Gasteiger partial charge in [-0.15, -0.1) is 0 Å². The minimum Gasteiger partial charge on any atom is -0.505 e.